The summed E-state index contributed by atoms with van der Waals surface area (Å²) in [6.07, 6.45) is 8.73. The van der Waals surface area contributed by atoms with Gasteiger partial charge in [-0.15, -0.1) is 11.3 Å². The van der Waals surface area contributed by atoms with Gasteiger partial charge in [0.05, 0.1) is 5.39 Å². The highest BCUT2D eigenvalue weighted by Gasteiger charge is 2.25. The fraction of sp³-hybridized carbons (Fsp3) is 0.632. The van der Waals surface area contributed by atoms with Crippen LogP contribution in [-0.4, -0.2) is 53.1 Å². The van der Waals surface area contributed by atoms with Crippen LogP contribution in [0.5, 0.6) is 0 Å². The second-order valence-corrected chi connectivity index (χ2v) is 8.36. The minimum atomic E-state index is 0.105. The normalized spacial score (nSPS) is 19.1. The predicted molar refractivity (Wildman–Crippen MR) is 106 cm³/mol. The molecule has 26 heavy (non-hydrogen) atoms. The van der Waals surface area contributed by atoms with Crippen LogP contribution in [0.25, 0.3) is 10.2 Å². The van der Waals surface area contributed by atoms with Crippen LogP contribution in [0.4, 0.5) is 10.6 Å². The number of hydrogen-bond acceptors (Lipinski definition) is 5. The molecule has 0 atom stereocenters. The number of amides is 2. The lowest BCUT2D eigenvalue weighted by Crippen LogP contribution is -2.53. The SMILES string of the molecule is CCc1cc2c(N3CCN(C(=O)NC4CCCCC4)CC3)ncnc2s1. The third kappa shape index (κ3) is 3.63. The first-order chi connectivity index (χ1) is 12.7. The van der Waals surface area contributed by atoms with Crippen LogP contribution in [0, 0.1) is 0 Å². The van der Waals surface area contributed by atoms with Crippen LogP contribution in [0.3, 0.4) is 0 Å². The maximum atomic E-state index is 12.5. The van der Waals surface area contributed by atoms with Crippen molar-refractivity contribution in [3.8, 4) is 0 Å². The number of aryl methyl sites for hydroxylation is 1. The van der Waals surface area contributed by atoms with Crippen molar-refractivity contribution >= 4 is 33.4 Å². The molecule has 1 saturated carbocycles. The second kappa shape index (κ2) is 7.78. The third-order valence-electron chi connectivity index (χ3n) is 5.51. The zero-order valence-corrected chi connectivity index (χ0v) is 16.2. The second-order valence-electron chi connectivity index (χ2n) is 7.24. The average molecular weight is 374 g/mol. The number of anilines is 1. The van der Waals surface area contributed by atoms with E-state index in [4.69, 9.17) is 0 Å². The number of fused-ring (bicyclic) bond motifs is 1. The van der Waals surface area contributed by atoms with Crippen molar-refractivity contribution in [3.63, 3.8) is 0 Å². The summed E-state index contributed by atoms with van der Waals surface area (Å²) in [7, 11) is 0. The quantitative estimate of drug-likeness (QED) is 0.895. The molecule has 3 heterocycles. The molecule has 2 amide bonds. The van der Waals surface area contributed by atoms with E-state index in [1.807, 2.05) is 4.90 Å². The fourth-order valence-corrected chi connectivity index (χ4v) is 4.88. The van der Waals surface area contributed by atoms with Gasteiger partial charge in [-0.1, -0.05) is 26.2 Å². The van der Waals surface area contributed by atoms with E-state index in [1.54, 1.807) is 17.7 Å². The zero-order valence-electron chi connectivity index (χ0n) is 15.4. The monoisotopic (exact) mass is 373 g/mol. The molecule has 2 aromatic rings. The average Bonchev–Trinajstić information content (AvgIpc) is 3.12. The van der Waals surface area contributed by atoms with Crippen molar-refractivity contribution in [1.82, 2.24) is 20.2 Å². The summed E-state index contributed by atoms with van der Waals surface area (Å²) < 4.78 is 0. The number of urea groups is 1. The summed E-state index contributed by atoms with van der Waals surface area (Å²) in [5.41, 5.74) is 0. The van der Waals surface area contributed by atoms with E-state index in [-0.39, 0.29) is 6.03 Å². The van der Waals surface area contributed by atoms with Crippen LogP contribution in [0.15, 0.2) is 12.4 Å². The first-order valence-electron chi connectivity index (χ1n) is 9.78. The standard InChI is InChI=1S/C19H27N5OS/c1-2-15-12-16-17(20-13-21-18(16)26-15)23-8-10-24(11-9-23)19(25)22-14-6-4-3-5-7-14/h12-14H,2-11H2,1H3,(H,22,25). The van der Waals surface area contributed by atoms with Crippen LogP contribution in [0.1, 0.15) is 43.9 Å². The highest BCUT2D eigenvalue weighted by atomic mass is 32.1. The predicted octanol–water partition coefficient (Wildman–Crippen LogP) is 3.42. The summed E-state index contributed by atoms with van der Waals surface area (Å²) in [5.74, 6) is 1.01. The molecule has 7 heteroatoms. The van der Waals surface area contributed by atoms with E-state index in [2.05, 4.69) is 33.2 Å². The molecule has 2 aliphatic rings. The van der Waals surface area contributed by atoms with Gasteiger partial charge in [0.2, 0.25) is 0 Å². The molecule has 1 saturated heterocycles. The molecule has 0 unspecified atom stereocenters. The molecule has 6 nitrogen and oxygen atoms in total. The van der Waals surface area contributed by atoms with Crippen molar-refractivity contribution in [3.05, 3.63) is 17.3 Å². The number of piperazine rings is 1. The van der Waals surface area contributed by atoms with Crippen LogP contribution < -0.4 is 10.2 Å². The Labute approximate surface area is 158 Å². The van der Waals surface area contributed by atoms with Gasteiger partial charge in [0.1, 0.15) is 17.0 Å². The molecule has 0 radical (unpaired) electrons. The molecule has 1 aliphatic heterocycles. The van der Waals surface area contributed by atoms with Gasteiger partial charge in [-0.05, 0) is 25.3 Å². The number of aromatic nitrogens is 2. The van der Waals surface area contributed by atoms with Gasteiger partial charge in [0.15, 0.2) is 0 Å². The van der Waals surface area contributed by atoms with Gasteiger partial charge < -0.3 is 15.1 Å². The van der Waals surface area contributed by atoms with Crippen LogP contribution in [-0.2, 0) is 6.42 Å². The lowest BCUT2D eigenvalue weighted by molar-refractivity contribution is 0.186. The summed E-state index contributed by atoms with van der Waals surface area (Å²) in [5, 5.41) is 4.38. The number of carbonyl (C=O) groups excluding carboxylic acids is 1. The zero-order chi connectivity index (χ0) is 17.9. The number of carbonyl (C=O) groups is 1. The van der Waals surface area contributed by atoms with Gasteiger partial charge >= 0.3 is 6.03 Å². The Morgan fingerprint density at radius 3 is 2.69 bits per heavy atom. The largest absolute Gasteiger partial charge is 0.352 e. The topological polar surface area (TPSA) is 61.4 Å². The summed E-state index contributed by atoms with van der Waals surface area (Å²) in [6.45, 7) is 5.30. The Balaban J connectivity index is 1.39. The molecular formula is C19H27N5OS. The molecular weight excluding hydrogens is 346 g/mol. The highest BCUT2D eigenvalue weighted by molar-refractivity contribution is 7.18. The van der Waals surface area contributed by atoms with E-state index < -0.39 is 0 Å². The van der Waals surface area contributed by atoms with E-state index in [0.717, 1.165) is 61.5 Å². The smallest absolute Gasteiger partial charge is 0.317 e. The summed E-state index contributed by atoms with van der Waals surface area (Å²) >= 11 is 1.75. The number of hydrogen-bond donors (Lipinski definition) is 1. The van der Waals surface area contributed by atoms with Gasteiger partial charge in [-0.2, -0.15) is 0 Å². The number of rotatable bonds is 3. The first kappa shape index (κ1) is 17.5. The van der Waals surface area contributed by atoms with Crippen molar-refractivity contribution in [2.24, 2.45) is 0 Å². The Morgan fingerprint density at radius 2 is 1.96 bits per heavy atom. The summed E-state index contributed by atoms with van der Waals surface area (Å²) in [4.78, 5) is 28.1. The van der Waals surface area contributed by atoms with Gasteiger partial charge in [-0.25, -0.2) is 14.8 Å². The van der Waals surface area contributed by atoms with Gasteiger partial charge in [-0.3, -0.25) is 0 Å². The Morgan fingerprint density at radius 1 is 1.19 bits per heavy atom. The van der Waals surface area contributed by atoms with E-state index in [9.17, 15) is 4.79 Å². The number of nitrogens with zero attached hydrogens (tertiary/aromatic N) is 4. The Kier molecular flexibility index (Phi) is 5.24. The van der Waals surface area contributed by atoms with E-state index in [1.165, 1.54) is 24.1 Å². The summed E-state index contributed by atoms with van der Waals surface area (Å²) in [6, 6.07) is 2.69. The fourth-order valence-electron chi connectivity index (χ4n) is 3.95. The molecule has 0 aromatic carbocycles. The molecule has 2 aromatic heterocycles. The molecule has 4 rings (SSSR count). The molecule has 2 fully saturated rings. The molecule has 140 valence electrons. The molecule has 1 N–H and O–H groups in total. The van der Waals surface area contributed by atoms with Crippen molar-refractivity contribution in [2.45, 2.75) is 51.5 Å². The highest BCUT2D eigenvalue weighted by Crippen LogP contribution is 2.31. The van der Waals surface area contributed by atoms with E-state index >= 15 is 0 Å². The third-order valence-corrected chi connectivity index (χ3v) is 6.69. The Hall–Kier alpha value is -1.89. The van der Waals surface area contributed by atoms with Gasteiger partial charge in [0, 0.05) is 37.1 Å². The minimum Gasteiger partial charge on any atom is -0.352 e. The van der Waals surface area contributed by atoms with E-state index in [0.29, 0.717) is 6.04 Å². The van der Waals surface area contributed by atoms with Crippen molar-refractivity contribution < 1.29 is 4.79 Å². The number of thiophene rings is 1. The number of nitrogens with one attached hydrogen (secondary N) is 1. The Bertz CT molecular complexity index is 762. The van der Waals surface area contributed by atoms with Crippen molar-refractivity contribution in [1.29, 1.82) is 0 Å². The van der Waals surface area contributed by atoms with Gasteiger partial charge in [0.25, 0.3) is 0 Å². The van der Waals surface area contributed by atoms with Crippen molar-refractivity contribution in [2.75, 3.05) is 31.1 Å². The van der Waals surface area contributed by atoms with Crippen LogP contribution in [0.2, 0.25) is 0 Å². The van der Waals surface area contributed by atoms with Crippen LogP contribution >= 0.6 is 11.3 Å². The maximum Gasteiger partial charge on any atom is 0.317 e. The lowest BCUT2D eigenvalue weighted by atomic mass is 9.96. The maximum absolute atomic E-state index is 12.5. The lowest BCUT2D eigenvalue weighted by Gasteiger charge is -2.36. The molecule has 1 aliphatic carbocycles. The molecule has 0 spiro atoms. The first-order valence-corrected chi connectivity index (χ1v) is 10.6. The molecule has 0 bridgehead atoms. The minimum absolute atomic E-state index is 0.105.